The number of hydrogen-bond donors (Lipinski definition) is 0. The molecule has 2 aromatic carbocycles. The van der Waals surface area contributed by atoms with E-state index in [1.54, 1.807) is 11.3 Å². The van der Waals surface area contributed by atoms with Crippen molar-refractivity contribution in [1.82, 2.24) is 9.88 Å². The van der Waals surface area contributed by atoms with E-state index in [0.29, 0.717) is 18.7 Å². The number of ether oxygens (including phenoxy) is 1. The van der Waals surface area contributed by atoms with Gasteiger partial charge in [0.25, 0.3) is 5.91 Å². The highest BCUT2D eigenvalue weighted by Crippen LogP contribution is 2.20. The second-order valence-corrected chi connectivity index (χ2v) is 8.73. The summed E-state index contributed by atoms with van der Waals surface area (Å²) in [6, 6.07) is 15.5. The summed E-state index contributed by atoms with van der Waals surface area (Å²) in [5.74, 6) is 0.831. The van der Waals surface area contributed by atoms with Crippen LogP contribution in [-0.4, -0.2) is 21.8 Å². The number of rotatable bonds is 7. The molecule has 0 saturated carbocycles. The number of carbonyl (C=O) groups is 1. The van der Waals surface area contributed by atoms with E-state index in [1.807, 2.05) is 79.6 Å². The third-order valence-corrected chi connectivity index (χ3v) is 5.64. The second-order valence-electron chi connectivity index (χ2n) is 6.87. The molecule has 0 radical (unpaired) electrons. The molecule has 0 atom stereocenters. The lowest BCUT2D eigenvalue weighted by Crippen LogP contribution is -2.36. The van der Waals surface area contributed by atoms with E-state index in [2.05, 4.69) is 20.9 Å². The molecule has 0 spiro atoms. The van der Waals surface area contributed by atoms with Crippen LogP contribution in [0.15, 0.2) is 58.4 Å². The fourth-order valence-electron chi connectivity index (χ4n) is 2.72. The summed E-state index contributed by atoms with van der Waals surface area (Å²) >= 11 is 4.99. The van der Waals surface area contributed by atoms with Gasteiger partial charge < -0.3 is 9.64 Å². The SMILES string of the molecule is Cc1ccc(OCc2nc(CN(C(=O)c3cccc(Br)c3)C(C)C)cs2)cc1. The molecule has 0 N–H and O–H groups in total. The van der Waals surface area contributed by atoms with E-state index in [-0.39, 0.29) is 11.9 Å². The molecule has 3 aromatic rings. The highest BCUT2D eigenvalue weighted by atomic mass is 79.9. The van der Waals surface area contributed by atoms with Gasteiger partial charge in [-0.1, -0.05) is 39.7 Å². The summed E-state index contributed by atoms with van der Waals surface area (Å²) in [7, 11) is 0. The Labute approximate surface area is 178 Å². The summed E-state index contributed by atoms with van der Waals surface area (Å²) in [4.78, 5) is 19.4. The minimum Gasteiger partial charge on any atom is -0.486 e. The number of aryl methyl sites for hydroxylation is 1. The highest BCUT2D eigenvalue weighted by molar-refractivity contribution is 9.10. The monoisotopic (exact) mass is 458 g/mol. The molecular formula is C22H23BrN2O2S. The van der Waals surface area contributed by atoms with Crippen molar-refractivity contribution in [3.05, 3.63) is 80.2 Å². The fourth-order valence-corrected chi connectivity index (χ4v) is 3.81. The lowest BCUT2D eigenvalue weighted by atomic mass is 10.1. The highest BCUT2D eigenvalue weighted by Gasteiger charge is 2.20. The van der Waals surface area contributed by atoms with Gasteiger partial charge >= 0.3 is 0 Å². The first kappa shape index (κ1) is 20.6. The normalized spacial score (nSPS) is 10.9. The number of halogens is 1. The van der Waals surface area contributed by atoms with Crippen molar-refractivity contribution in [1.29, 1.82) is 0 Å². The molecule has 0 unspecified atom stereocenters. The zero-order chi connectivity index (χ0) is 20.1. The van der Waals surface area contributed by atoms with Crippen molar-refractivity contribution in [3.8, 4) is 5.75 Å². The lowest BCUT2D eigenvalue weighted by molar-refractivity contribution is 0.0688. The quantitative estimate of drug-likeness (QED) is 0.446. The predicted molar refractivity (Wildman–Crippen MR) is 117 cm³/mol. The number of amides is 1. The van der Waals surface area contributed by atoms with Crippen LogP contribution in [0.1, 0.15) is 40.5 Å². The molecule has 1 aromatic heterocycles. The summed E-state index contributed by atoms with van der Waals surface area (Å²) in [6.07, 6.45) is 0. The van der Waals surface area contributed by atoms with Gasteiger partial charge in [-0.15, -0.1) is 11.3 Å². The van der Waals surface area contributed by atoms with Crippen molar-refractivity contribution in [2.45, 2.75) is 40.0 Å². The standard InChI is InChI=1S/C22H23BrN2O2S/c1-15(2)25(22(26)17-5-4-6-18(23)11-17)12-19-14-28-21(24-19)13-27-20-9-7-16(3)8-10-20/h4-11,14-15H,12-13H2,1-3H3. The summed E-state index contributed by atoms with van der Waals surface area (Å²) in [5, 5.41) is 2.89. The van der Waals surface area contributed by atoms with E-state index in [1.165, 1.54) is 5.56 Å². The number of benzene rings is 2. The number of hydrogen-bond acceptors (Lipinski definition) is 4. The minimum atomic E-state index is 0.00163. The van der Waals surface area contributed by atoms with Crippen LogP contribution < -0.4 is 4.74 Å². The van der Waals surface area contributed by atoms with E-state index >= 15 is 0 Å². The molecule has 3 rings (SSSR count). The van der Waals surface area contributed by atoms with Gasteiger partial charge in [0.15, 0.2) is 0 Å². The molecule has 0 saturated heterocycles. The first-order chi connectivity index (χ1) is 13.4. The Bertz CT molecular complexity index is 938. The molecule has 1 amide bonds. The summed E-state index contributed by atoms with van der Waals surface area (Å²) < 4.78 is 6.70. The average Bonchev–Trinajstić information content (AvgIpc) is 3.12. The Morgan fingerprint density at radius 3 is 2.64 bits per heavy atom. The Morgan fingerprint density at radius 2 is 1.96 bits per heavy atom. The minimum absolute atomic E-state index is 0.00163. The van der Waals surface area contributed by atoms with Crippen LogP contribution in [0.5, 0.6) is 5.75 Å². The first-order valence-corrected chi connectivity index (χ1v) is 10.8. The molecule has 1 heterocycles. The van der Waals surface area contributed by atoms with Crippen LogP contribution in [0.4, 0.5) is 0 Å². The molecule has 6 heteroatoms. The molecule has 0 aliphatic carbocycles. The zero-order valence-corrected chi connectivity index (χ0v) is 18.6. The molecule has 146 valence electrons. The Balaban J connectivity index is 1.65. The number of aromatic nitrogens is 1. The maximum absolute atomic E-state index is 12.9. The molecule has 28 heavy (non-hydrogen) atoms. The van der Waals surface area contributed by atoms with Gasteiger partial charge in [0.1, 0.15) is 17.4 Å². The molecule has 0 bridgehead atoms. The van der Waals surface area contributed by atoms with Gasteiger partial charge in [0.2, 0.25) is 0 Å². The van der Waals surface area contributed by atoms with Crippen LogP contribution in [0.3, 0.4) is 0 Å². The number of carbonyl (C=O) groups excluding carboxylic acids is 1. The van der Waals surface area contributed by atoms with Gasteiger partial charge in [-0.3, -0.25) is 4.79 Å². The van der Waals surface area contributed by atoms with Gasteiger partial charge in [0.05, 0.1) is 12.2 Å². The van der Waals surface area contributed by atoms with Crippen LogP contribution in [0.25, 0.3) is 0 Å². The van der Waals surface area contributed by atoms with Crippen LogP contribution in [0.2, 0.25) is 0 Å². The Morgan fingerprint density at radius 1 is 1.21 bits per heavy atom. The largest absolute Gasteiger partial charge is 0.486 e. The van der Waals surface area contributed by atoms with Crippen molar-refractivity contribution in [2.24, 2.45) is 0 Å². The Hall–Kier alpha value is -2.18. The first-order valence-electron chi connectivity index (χ1n) is 9.11. The lowest BCUT2D eigenvalue weighted by Gasteiger charge is -2.26. The number of thiazole rings is 1. The molecule has 4 nitrogen and oxygen atoms in total. The third-order valence-electron chi connectivity index (χ3n) is 4.27. The number of nitrogens with zero attached hydrogens (tertiary/aromatic N) is 2. The van der Waals surface area contributed by atoms with Crippen molar-refractivity contribution in [3.63, 3.8) is 0 Å². The van der Waals surface area contributed by atoms with Gasteiger partial charge in [-0.05, 0) is 51.1 Å². The molecular weight excluding hydrogens is 436 g/mol. The van der Waals surface area contributed by atoms with E-state index in [4.69, 9.17) is 4.74 Å². The predicted octanol–water partition coefficient (Wildman–Crippen LogP) is 5.84. The molecule has 0 aliphatic heterocycles. The van der Waals surface area contributed by atoms with Crippen molar-refractivity contribution >= 4 is 33.2 Å². The van der Waals surface area contributed by atoms with Crippen molar-refractivity contribution in [2.75, 3.05) is 0 Å². The van der Waals surface area contributed by atoms with Crippen molar-refractivity contribution < 1.29 is 9.53 Å². The average molecular weight is 459 g/mol. The smallest absolute Gasteiger partial charge is 0.254 e. The maximum atomic E-state index is 12.9. The maximum Gasteiger partial charge on any atom is 0.254 e. The van der Waals surface area contributed by atoms with Crippen LogP contribution in [0, 0.1) is 6.92 Å². The van der Waals surface area contributed by atoms with Crippen LogP contribution in [-0.2, 0) is 13.2 Å². The van der Waals surface area contributed by atoms with E-state index < -0.39 is 0 Å². The van der Waals surface area contributed by atoms with Crippen LogP contribution >= 0.6 is 27.3 Å². The van der Waals surface area contributed by atoms with Gasteiger partial charge in [-0.2, -0.15) is 0 Å². The second kappa shape index (κ2) is 9.34. The molecule has 0 fully saturated rings. The van der Waals surface area contributed by atoms with E-state index in [0.717, 1.165) is 20.9 Å². The molecule has 0 aliphatic rings. The fraction of sp³-hybridized carbons (Fsp3) is 0.273. The van der Waals surface area contributed by atoms with Gasteiger partial charge in [-0.25, -0.2) is 4.98 Å². The van der Waals surface area contributed by atoms with E-state index in [9.17, 15) is 4.79 Å². The topological polar surface area (TPSA) is 42.4 Å². The third kappa shape index (κ3) is 5.42. The zero-order valence-electron chi connectivity index (χ0n) is 16.2. The summed E-state index contributed by atoms with van der Waals surface area (Å²) in [6.45, 7) is 6.99. The Kier molecular flexibility index (Phi) is 6.86. The summed E-state index contributed by atoms with van der Waals surface area (Å²) in [5.41, 5.74) is 2.75. The van der Waals surface area contributed by atoms with Gasteiger partial charge in [0, 0.05) is 21.5 Å².